The summed E-state index contributed by atoms with van der Waals surface area (Å²) in [6.07, 6.45) is 3.87. The van der Waals surface area contributed by atoms with Gasteiger partial charge in [0.2, 0.25) is 5.91 Å². The van der Waals surface area contributed by atoms with Gasteiger partial charge in [0.25, 0.3) is 0 Å². The zero-order valence-corrected chi connectivity index (χ0v) is 12.3. The van der Waals surface area contributed by atoms with Crippen LogP contribution in [-0.2, 0) is 4.79 Å². The summed E-state index contributed by atoms with van der Waals surface area (Å²) in [5, 5.41) is 2.99. The molecule has 18 heavy (non-hydrogen) atoms. The molecule has 1 aliphatic heterocycles. The van der Waals surface area contributed by atoms with Crippen molar-refractivity contribution in [2.45, 2.75) is 39.5 Å². The molecule has 0 aliphatic carbocycles. The molecule has 1 fully saturated rings. The zero-order chi connectivity index (χ0) is 13.6. The first kappa shape index (κ1) is 15.4. The Morgan fingerprint density at radius 3 is 2.33 bits per heavy atom. The fourth-order valence-corrected chi connectivity index (χ4v) is 2.92. The van der Waals surface area contributed by atoms with Gasteiger partial charge in [-0.05, 0) is 38.8 Å². The van der Waals surface area contributed by atoms with Crippen LogP contribution in [0.25, 0.3) is 0 Å². The van der Waals surface area contributed by atoms with Gasteiger partial charge in [-0.3, -0.25) is 4.79 Å². The lowest BCUT2D eigenvalue weighted by atomic mass is 9.81. The standard InChI is InChI=1S/C13H25N3OS/c1-3-13(4-2,11(14)18)12(17)15-7-10-16-8-5-6-9-16/h3-10H2,1-2H3,(H2,14,18)(H,15,17). The highest BCUT2D eigenvalue weighted by atomic mass is 32.1. The second-order valence-corrected chi connectivity index (χ2v) is 5.40. The van der Waals surface area contributed by atoms with Crippen LogP contribution in [0.5, 0.6) is 0 Å². The Kier molecular flexibility index (Phi) is 6.02. The van der Waals surface area contributed by atoms with Crippen molar-refractivity contribution in [3.63, 3.8) is 0 Å². The number of likely N-dealkylation sites (tertiary alicyclic amines) is 1. The number of hydrogen-bond donors (Lipinski definition) is 2. The van der Waals surface area contributed by atoms with Crippen molar-refractivity contribution in [3.05, 3.63) is 0 Å². The van der Waals surface area contributed by atoms with E-state index < -0.39 is 5.41 Å². The van der Waals surface area contributed by atoms with Crippen molar-refractivity contribution in [1.82, 2.24) is 10.2 Å². The topological polar surface area (TPSA) is 58.4 Å². The lowest BCUT2D eigenvalue weighted by Crippen LogP contribution is -2.49. The number of nitrogens with zero attached hydrogens (tertiary/aromatic N) is 1. The molecule has 0 aromatic carbocycles. The third-order valence-electron chi connectivity index (χ3n) is 4.03. The molecule has 0 unspecified atom stereocenters. The molecule has 0 spiro atoms. The van der Waals surface area contributed by atoms with Crippen molar-refractivity contribution >= 4 is 23.1 Å². The zero-order valence-electron chi connectivity index (χ0n) is 11.5. The van der Waals surface area contributed by atoms with E-state index in [1.54, 1.807) is 0 Å². The second kappa shape index (κ2) is 7.04. The minimum absolute atomic E-state index is 0.0146. The maximum Gasteiger partial charge on any atom is 0.233 e. The van der Waals surface area contributed by atoms with Gasteiger partial charge in [-0.1, -0.05) is 26.1 Å². The van der Waals surface area contributed by atoms with E-state index in [9.17, 15) is 4.79 Å². The number of amides is 1. The first-order chi connectivity index (χ1) is 8.56. The van der Waals surface area contributed by atoms with Gasteiger partial charge < -0.3 is 16.0 Å². The molecule has 1 amide bonds. The largest absolute Gasteiger partial charge is 0.392 e. The molecule has 3 N–H and O–H groups in total. The van der Waals surface area contributed by atoms with Gasteiger partial charge in [-0.25, -0.2) is 0 Å². The molecular weight excluding hydrogens is 246 g/mol. The Morgan fingerprint density at radius 2 is 1.89 bits per heavy atom. The molecule has 1 aliphatic rings. The lowest BCUT2D eigenvalue weighted by Gasteiger charge is -2.29. The molecule has 0 radical (unpaired) electrons. The fourth-order valence-electron chi connectivity index (χ4n) is 2.53. The highest BCUT2D eigenvalue weighted by Gasteiger charge is 2.37. The average Bonchev–Trinajstić information content (AvgIpc) is 2.84. The van der Waals surface area contributed by atoms with Crippen molar-refractivity contribution in [2.24, 2.45) is 11.1 Å². The molecule has 0 saturated carbocycles. The summed E-state index contributed by atoms with van der Waals surface area (Å²) in [6, 6.07) is 0. The molecule has 0 aromatic heterocycles. The molecule has 1 saturated heterocycles. The Bertz CT molecular complexity index is 297. The van der Waals surface area contributed by atoms with Gasteiger partial charge in [-0.15, -0.1) is 0 Å². The van der Waals surface area contributed by atoms with Crippen LogP contribution in [0.1, 0.15) is 39.5 Å². The highest BCUT2D eigenvalue weighted by Crippen LogP contribution is 2.27. The van der Waals surface area contributed by atoms with Gasteiger partial charge in [0.1, 0.15) is 0 Å². The predicted molar refractivity (Wildman–Crippen MR) is 78.5 cm³/mol. The Balaban J connectivity index is 2.44. The molecular formula is C13H25N3OS. The van der Waals surface area contributed by atoms with Crippen LogP contribution in [0.4, 0.5) is 0 Å². The molecule has 1 rings (SSSR count). The van der Waals surface area contributed by atoms with E-state index in [1.165, 1.54) is 12.8 Å². The summed E-state index contributed by atoms with van der Waals surface area (Å²) in [5.41, 5.74) is 5.08. The van der Waals surface area contributed by atoms with Gasteiger partial charge >= 0.3 is 0 Å². The summed E-state index contributed by atoms with van der Waals surface area (Å²) in [6.45, 7) is 7.83. The first-order valence-corrected chi connectivity index (χ1v) is 7.28. The van der Waals surface area contributed by atoms with Crippen LogP contribution < -0.4 is 11.1 Å². The molecule has 5 heteroatoms. The summed E-state index contributed by atoms with van der Waals surface area (Å²) in [4.78, 5) is 14.9. The van der Waals surface area contributed by atoms with Crippen LogP contribution in [0.3, 0.4) is 0 Å². The van der Waals surface area contributed by atoms with E-state index in [0.29, 0.717) is 24.4 Å². The number of carbonyl (C=O) groups excluding carboxylic acids is 1. The number of rotatable bonds is 7. The number of nitrogens with two attached hydrogens (primary N) is 1. The Morgan fingerprint density at radius 1 is 1.33 bits per heavy atom. The van der Waals surface area contributed by atoms with E-state index in [-0.39, 0.29) is 5.91 Å². The molecule has 1 heterocycles. The second-order valence-electron chi connectivity index (χ2n) is 4.96. The van der Waals surface area contributed by atoms with Crippen LogP contribution in [0.2, 0.25) is 0 Å². The highest BCUT2D eigenvalue weighted by molar-refractivity contribution is 7.80. The normalized spacial score (nSPS) is 16.8. The SMILES string of the molecule is CCC(CC)(C(=O)NCCN1CCCC1)C(N)=S. The Labute approximate surface area is 115 Å². The summed E-state index contributed by atoms with van der Waals surface area (Å²) in [7, 11) is 0. The smallest absolute Gasteiger partial charge is 0.233 e. The molecule has 0 aromatic rings. The quantitative estimate of drug-likeness (QED) is 0.685. The first-order valence-electron chi connectivity index (χ1n) is 6.87. The molecule has 0 bridgehead atoms. The third kappa shape index (κ3) is 3.42. The number of carbonyl (C=O) groups is 1. The number of hydrogen-bond acceptors (Lipinski definition) is 3. The van der Waals surface area contributed by atoms with Gasteiger partial charge in [0, 0.05) is 13.1 Å². The maximum atomic E-state index is 12.2. The van der Waals surface area contributed by atoms with E-state index in [0.717, 1.165) is 19.6 Å². The fraction of sp³-hybridized carbons (Fsp3) is 0.846. The summed E-state index contributed by atoms with van der Waals surface area (Å²) >= 11 is 5.07. The van der Waals surface area contributed by atoms with Gasteiger partial charge in [0.05, 0.1) is 10.4 Å². The maximum absolute atomic E-state index is 12.2. The van der Waals surface area contributed by atoms with Crippen molar-refractivity contribution < 1.29 is 4.79 Å². The summed E-state index contributed by atoms with van der Waals surface area (Å²) in [5.74, 6) is -0.0146. The van der Waals surface area contributed by atoms with Crippen molar-refractivity contribution in [2.75, 3.05) is 26.2 Å². The average molecular weight is 271 g/mol. The van der Waals surface area contributed by atoms with E-state index in [4.69, 9.17) is 18.0 Å². The molecule has 0 atom stereocenters. The lowest BCUT2D eigenvalue weighted by molar-refractivity contribution is -0.127. The van der Waals surface area contributed by atoms with Crippen molar-refractivity contribution in [3.8, 4) is 0 Å². The van der Waals surface area contributed by atoms with Crippen LogP contribution in [0, 0.1) is 5.41 Å². The minimum atomic E-state index is -0.666. The van der Waals surface area contributed by atoms with E-state index in [1.807, 2.05) is 13.8 Å². The predicted octanol–water partition coefficient (Wildman–Crippen LogP) is 1.29. The van der Waals surface area contributed by atoms with Crippen LogP contribution >= 0.6 is 12.2 Å². The van der Waals surface area contributed by atoms with Gasteiger partial charge in [-0.2, -0.15) is 0 Å². The molecule has 104 valence electrons. The van der Waals surface area contributed by atoms with E-state index >= 15 is 0 Å². The van der Waals surface area contributed by atoms with Crippen LogP contribution in [0.15, 0.2) is 0 Å². The van der Waals surface area contributed by atoms with Gasteiger partial charge in [0.15, 0.2) is 0 Å². The number of thiocarbonyl (C=S) groups is 1. The molecule has 4 nitrogen and oxygen atoms in total. The third-order valence-corrected chi connectivity index (χ3v) is 4.42. The monoisotopic (exact) mass is 271 g/mol. The number of nitrogens with one attached hydrogen (secondary N) is 1. The van der Waals surface area contributed by atoms with Crippen molar-refractivity contribution in [1.29, 1.82) is 0 Å². The summed E-state index contributed by atoms with van der Waals surface area (Å²) < 4.78 is 0. The minimum Gasteiger partial charge on any atom is -0.392 e. The Hall–Kier alpha value is -0.680. The van der Waals surface area contributed by atoms with E-state index in [2.05, 4.69) is 10.2 Å². The van der Waals surface area contributed by atoms with Crippen LogP contribution in [-0.4, -0.2) is 42.0 Å².